The number of carbonyl (C=O) groups is 5. The van der Waals surface area contributed by atoms with Crippen LogP contribution < -0.4 is 10.6 Å². The molecule has 16 heteroatoms. The largest absolute Gasteiger partial charge is 0.458 e. The van der Waals surface area contributed by atoms with Crippen LogP contribution >= 0.6 is 0 Å². The molecular weight excluding hydrogens is 532 g/mol. The molecule has 0 bridgehead atoms. The van der Waals surface area contributed by atoms with Crippen LogP contribution in [0.15, 0.2) is 0 Å². The molecule has 3 N–H and O–H groups in total. The van der Waals surface area contributed by atoms with Gasteiger partial charge < -0.3 is 34.3 Å². The highest BCUT2D eigenvalue weighted by Gasteiger charge is 2.20. The van der Waals surface area contributed by atoms with E-state index in [0.717, 1.165) is 0 Å². The van der Waals surface area contributed by atoms with E-state index in [0.29, 0.717) is 32.8 Å². The Labute approximate surface area is 222 Å². The summed E-state index contributed by atoms with van der Waals surface area (Å²) in [6.07, 6.45) is 0.506. The van der Waals surface area contributed by atoms with E-state index in [9.17, 15) is 32.4 Å². The number of ether oxygens (including phenoxy) is 5. The molecule has 220 valence electrons. The highest BCUT2D eigenvalue weighted by molar-refractivity contribution is 7.85. The van der Waals surface area contributed by atoms with Crippen molar-refractivity contribution in [1.29, 1.82) is 0 Å². The normalized spacial score (nSPS) is 11.9. The Hall–Kier alpha value is -2.50. The average molecular weight is 571 g/mol. The molecule has 0 aliphatic heterocycles. The number of nitrogens with one attached hydrogen (secondary N) is 2. The third-order valence-corrected chi connectivity index (χ3v) is 5.25. The molecule has 2 amide bonds. The molecule has 0 saturated carbocycles. The number of amides is 2. The molecule has 0 rings (SSSR count). The number of hydrogen-bond donors (Lipinski definition) is 3. The zero-order valence-corrected chi connectivity index (χ0v) is 22.3. The van der Waals surface area contributed by atoms with Gasteiger partial charge in [-0.15, -0.1) is 0 Å². The van der Waals surface area contributed by atoms with Crippen molar-refractivity contribution < 1.29 is 60.6 Å². The number of carbonyl (C=O) groups excluding carboxylic acids is 5. The zero-order chi connectivity index (χ0) is 28.7. The van der Waals surface area contributed by atoms with Crippen molar-refractivity contribution in [3.63, 3.8) is 0 Å². The van der Waals surface area contributed by atoms with Gasteiger partial charge >= 0.3 is 0 Å². The summed E-state index contributed by atoms with van der Waals surface area (Å²) in [4.78, 5) is 56.1. The molecule has 1 atom stereocenters. The van der Waals surface area contributed by atoms with E-state index < -0.39 is 34.4 Å². The van der Waals surface area contributed by atoms with E-state index in [4.69, 9.17) is 23.5 Å². The van der Waals surface area contributed by atoms with Gasteiger partial charge in [0.1, 0.15) is 19.0 Å². The highest BCUT2D eigenvalue weighted by atomic mass is 32.2. The number of ketones is 2. The first-order chi connectivity index (χ1) is 18.0. The Kier molecular flexibility index (Phi) is 21.0. The maximum absolute atomic E-state index is 12.0. The SMILES string of the molecule is CC(=O)COCCOCCNC(=O)COCCOCCCC(=O)CCC(CS(=O)(=O)O)NC(=O)COC=O. The monoisotopic (exact) mass is 570 g/mol. The average Bonchev–Trinajstić information content (AvgIpc) is 2.83. The molecule has 0 saturated heterocycles. The van der Waals surface area contributed by atoms with Crippen LogP contribution in [-0.2, 0) is 57.8 Å². The molecule has 1 unspecified atom stereocenters. The van der Waals surface area contributed by atoms with E-state index in [1.165, 1.54) is 6.92 Å². The lowest BCUT2D eigenvalue weighted by atomic mass is 10.1. The quantitative estimate of drug-likeness (QED) is 0.0610. The van der Waals surface area contributed by atoms with Gasteiger partial charge in [0.25, 0.3) is 22.5 Å². The fourth-order valence-corrected chi connectivity index (χ4v) is 3.55. The third kappa shape index (κ3) is 25.2. The van der Waals surface area contributed by atoms with Gasteiger partial charge in [-0.05, 0) is 19.8 Å². The highest BCUT2D eigenvalue weighted by Crippen LogP contribution is 2.05. The number of rotatable bonds is 26. The molecule has 0 aliphatic carbocycles. The molecule has 0 aliphatic rings. The van der Waals surface area contributed by atoms with Crippen LogP contribution in [0, 0.1) is 0 Å². The van der Waals surface area contributed by atoms with Crippen molar-refractivity contribution in [2.24, 2.45) is 0 Å². The maximum atomic E-state index is 12.0. The first-order valence-electron chi connectivity index (χ1n) is 11.9. The van der Waals surface area contributed by atoms with Crippen molar-refractivity contribution in [3.05, 3.63) is 0 Å². The van der Waals surface area contributed by atoms with Crippen molar-refractivity contribution >= 4 is 40.0 Å². The van der Waals surface area contributed by atoms with Gasteiger partial charge in [0.05, 0.1) is 38.8 Å². The van der Waals surface area contributed by atoms with Gasteiger partial charge in [-0.3, -0.25) is 28.5 Å². The lowest BCUT2D eigenvalue weighted by Crippen LogP contribution is -2.41. The lowest BCUT2D eigenvalue weighted by molar-refractivity contribution is -0.137. The Morgan fingerprint density at radius 3 is 2.11 bits per heavy atom. The molecule has 0 heterocycles. The fourth-order valence-electron chi connectivity index (χ4n) is 2.80. The standard InChI is InChI=1S/C22H38N2O13S/c1-18(26)13-35-11-10-34-8-6-23-21(28)14-36-12-9-33-7-2-3-20(27)5-4-19(16-38(30,31)32)24-22(29)15-37-17-25/h17,19H,2-16H2,1H3,(H,23,28)(H,24,29)(H,30,31,32). The van der Waals surface area contributed by atoms with Crippen LogP contribution in [0.3, 0.4) is 0 Å². The Bertz CT molecular complexity index is 820. The van der Waals surface area contributed by atoms with Crippen molar-refractivity contribution in [2.45, 2.75) is 38.6 Å². The van der Waals surface area contributed by atoms with E-state index in [1.807, 2.05) is 0 Å². The first kappa shape index (κ1) is 35.5. The van der Waals surface area contributed by atoms with E-state index in [2.05, 4.69) is 15.4 Å². The molecule has 0 spiro atoms. The topological polar surface area (TPSA) is 210 Å². The van der Waals surface area contributed by atoms with Gasteiger partial charge in [-0.25, -0.2) is 0 Å². The van der Waals surface area contributed by atoms with Crippen molar-refractivity contribution in [2.75, 3.05) is 71.8 Å². The zero-order valence-electron chi connectivity index (χ0n) is 21.5. The summed E-state index contributed by atoms with van der Waals surface area (Å²) < 4.78 is 56.3. The molecule has 0 aromatic carbocycles. The molecule has 0 aromatic rings. The molecule has 0 fully saturated rings. The minimum absolute atomic E-state index is 0.0239. The summed E-state index contributed by atoms with van der Waals surface area (Å²) in [5, 5.41) is 4.91. The number of Topliss-reactive ketones (excluding diaryl/α,β-unsaturated/α-hetero) is 2. The minimum Gasteiger partial charge on any atom is -0.458 e. The van der Waals surface area contributed by atoms with E-state index in [-0.39, 0.29) is 76.2 Å². The van der Waals surface area contributed by atoms with Crippen LogP contribution in [0.25, 0.3) is 0 Å². The molecule has 0 aromatic heterocycles. The van der Waals surface area contributed by atoms with Crippen molar-refractivity contribution in [3.8, 4) is 0 Å². The van der Waals surface area contributed by atoms with Gasteiger partial charge in [0.15, 0.2) is 12.4 Å². The third-order valence-electron chi connectivity index (χ3n) is 4.43. The fraction of sp³-hybridized carbons (Fsp3) is 0.773. The predicted octanol–water partition coefficient (Wildman–Crippen LogP) is -1.57. The summed E-state index contributed by atoms with van der Waals surface area (Å²) in [6, 6.07) is -1.02. The second kappa shape index (κ2) is 22.5. The maximum Gasteiger partial charge on any atom is 0.293 e. The predicted molar refractivity (Wildman–Crippen MR) is 131 cm³/mol. The summed E-state index contributed by atoms with van der Waals surface area (Å²) >= 11 is 0. The second-order valence-corrected chi connectivity index (χ2v) is 9.48. The van der Waals surface area contributed by atoms with Gasteiger partial charge in [-0.2, -0.15) is 8.42 Å². The summed E-state index contributed by atoms with van der Waals surface area (Å²) in [6.45, 7) is 2.65. The molecule has 15 nitrogen and oxygen atoms in total. The second-order valence-electron chi connectivity index (χ2n) is 7.98. The minimum atomic E-state index is -4.40. The van der Waals surface area contributed by atoms with Crippen molar-refractivity contribution in [1.82, 2.24) is 10.6 Å². The molecule has 38 heavy (non-hydrogen) atoms. The number of hydrogen-bond acceptors (Lipinski definition) is 12. The van der Waals surface area contributed by atoms with Crippen LogP contribution in [0.1, 0.15) is 32.6 Å². The van der Waals surface area contributed by atoms with Crippen LogP contribution in [-0.4, -0.2) is 121 Å². The van der Waals surface area contributed by atoms with Gasteiger partial charge in [-0.1, -0.05) is 0 Å². The van der Waals surface area contributed by atoms with Crippen LogP contribution in [0.5, 0.6) is 0 Å². The molecule has 0 radical (unpaired) electrons. The lowest BCUT2D eigenvalue weighted by Gasteiger charge is -2.16. The Balaban J connectivity index is 3.78. The van der Waals surface area contributed by atoms with Gasteiger partial charge in [0, 0.05) is 32.0 Å². The van der Waals surface area contributed by atoms with E-state index in [1.54, 1.807) is 0 Å². The summed E-state index contributed by atoms with van der Waals surface area (Å²) in [5.41, 5.74) is 0. The Morgan fingerprint density at radius 1 is 0.842 bits per heavy atom. The van der Waals surface area contributed by atoms with E-state index >= 15 is 0 Å². The summed E-state index contributed by atoms with van der Waals surface area (Å²) in [5.74, 6) is -2.10. The first-order valence-corrected chi connectivity index (χ1v) is 13.5. The van der Waals surface area contributed by atoms with Crippen LogP contribution in [0.2, 0.25) is 0 Å². The Morgan fingerprint density at radius 2 is 1.47 bits per heavy atom. The van der Waals surface area contributed by atoms with Crippen LogP contribution in [0.4, 0.5) is 0 Å². The smallest absolute Gasteiger partial charge is 0.293 e. The molecular formula is C22H38N2O13S. The summed E-state index contributed by atoms with van der Waals surface area (Å²) in [7, 11) is -4.40. The van der Waals surface area contributed by atoms with Gasteiger partial charge in [0.2, 0.25) is 5.91 Å².